The van der Waals surface area contributed by atoms with Crippen molar-refractivity contribution in [2.24, 2.45) is 0 Å². The third-order valence-electron chi connectivity index (χ3n) is 1.43. The molecule has 0 aromatic carbocycles. The molecule has 2 N–H and O–H groups in total. The van der Waals surface area contributed by atoms with E-state index in [1.807, 2.05) is 13.8 Å². The maximum atomic E-state index is 5.39. The van der Waals surface area contributed by atoms with Gasteiger partial charge < -0.3 is 5.73 Å². The van der Waals surface area contributed by atoms with Gasteiger partial charge in [0.2, 0.25) is 5.95 Å². The lowest BCUT2D eigenvalue weighted by Gasteiger charge is -2.01. The smallest absolute Gasteiger partial charge is 0.220 e. The Hall–Kier alpha value is -1.56. The number of hydrogen-bond donors (Lipinski definition) is 1. The number of nitrogen functional groups attached to an aromatic ring is 1. The first-order valence-electron chi connectivity index (χ1n) is 3.22. The van der Waals surface area contributed by atoms with Gasteiger partial charge in [0.05, 0.1) is 17.0 Å². The summed E-state index contributed by atoms with van der Waals surface area (Å²) in [7, 11) is 0. The molecule has 0 atom stereocenters. The van der Waals surface area contributed by atoms with Gasteiger partial charge in [-0.1, -0.05) is 5.92 Å². The fourth-order valence-electron chi connectivity index (χ4n) is 0.951. The monoisotopic (exact) mass is 147 g/mol. The van der Waals surface area contributed by atoms with Gasteiger partial charge in [0.25, 0.3) is 0 Å². The molecule has 1 aromatic heterocycles. The van der Waals surface area contributed by atoms with Crippen molar-refractivity contribution in [1.29, 1.82) is 0 Å². The van der Waals surface area contributed by atoms with E-state index in [1.165, 1.54) is 0 Å². The van der Waals surface area contributed by atoms with E-state index in [9.17, 15) is 0 Å². The molecule has 0 radical (unpaired) electrons. The lowest BCUT2D eigenvalue weighted by molar-refractivity contribution is 1.06. The molecule has 3 nitrogen and oxygen atoms in total. The van der Waals surface area contributed by atoms with Crippen LogP contribution in [-0.2, 0) is 0 Å². The lowest BCUT2D eigenvalue weighted by atomic mass is 10.2. The minimum Gasteiger partial charge on any atom is -0.368 e. The molecule has 1 heterocycles. The van der Waals surface area contributed by atoms with Crippen molar-refractivity contribution < 1.29 is 0 Å². The number of anilines is 1. The van der Waals surface area contributed by atoms with E-state index in [1.54, 1.807) is 0 Å². The SMILES string of the molecule is C#Cc1c(C)nc(N)nc1C. The van der Waals surface area contributed by atoms with Crippen LogP contribution in [-0.4, -0.2) is 9.97 Å². The predicted molar refractivity (Wildman–Crippen MR) is 43.9 cm³/mol. The van der Waals surface area contributed by atoms with E-state index >= 15 is 0 Å². The van der Waals surface area contributed by atoms with Crippen molar-refractivity contribution in [3.05, 3.63) is 17.0 Å². The minimum atomic E-state index is 0.277. The van der Waals surface area contributed by atoms with Gasteiger partial charge in [-0.15, -0.1) is 6.42 Å². The van der Waals surface area contributed by atoms with Crippen LogP contribution in [0.2, 0.25) is 0 Å². The van der Waals surface area contributed by atoms with E-state index < -0.39 is 0 Å². The molecule has 0 spiro atoms. The summed E-state index contributed by atoms with van der Waals surface area (Å²) >= 11 is 0. The Balaban J connectivity index is 3.40. The number of aromatic nitrogens is 2. The molecule has 0 saturated heterocycles. The van der Waals surface area contributed by atoms with Crippen molar-refractivity contribution in [2.75, 3.05) is 5.73 Å². The summed E-state index contributed by atoms with van der Waals surface area (Å²) in [6.45, 7) is 3.64. The maximum absolute atomic E-state index is 5.39. The number of nitrogens with two attached hydrogens (primary N) is 1. The molecule has 0 amide bonds. The van der Waals surface area contributed by atoms with E-state index in [0.717, 1.165) is 17.0 Å². The van der Waals surface area contributed by atoms with Crippen molar-refractivity contribution in [2.45, 2.75) is 13.8 Å². The molecule has 0 aliphatic carbocycles. The highest BCUT2D eigenvalue weighted by Gasteiger charge is 2.02. The van der Waals surface area contributed by atoms with Gasteiger partial charge >= 0.3 is 0 Å². The van der Waals surface area contributed by atoms with Crippen LogP contribution in [0.4, 0.5) is 5.95 Å². The van der Waals surface area contributed by atoms with Crippen molar-refractivity contribution in [3.8, 4) is 12.3 Å². The molecular formula is C8H9N3. The average molecular weight is 147 g/mol. The normalized spacial score (nSPS) is 9.18. The van der Waals surface area contributed by atoms with Crippen LogP contribution in [0.25, 0.3) is 0 Å². The Morgan fingerprint density at radius 3 is 2.09 bits per heavy atom. The van der Waals surface area contributed by atoms with E-state index in [-0.39, 0.29) is 5.95 Å². The third-order valence-corrected chi connectivity index (χ3v) is 1.43. The number of rotatable bonds is 0. The lowest BCUT2D eigenvalue weighted by Crippen LogP contribution is -2.02. The molecule has 11 heavy (non-hydrogen) atoms. The Labute approximate surface area is 65.7 Å². The van der Waals surface area contributed by atoms with Crippen LogP contribution in [0.3, 0.4) is 0 Å². The van der Waals surface area contributed by atoms with Crippen LogP contribution >= 0.6 is 0 Å². The fraction of sp³-hybridized carbons (Fsp3) is 0.250. The Bertz CT molecular complexity index is 300. The Morgan fingerprint density at radius 1 is 1.27 bits per heavy atom. The van der Waals surface area contributed by atoms with Crippen molar-refractivity contribution in [1.82, 2.24) is 9.97 Å². The molecular weight excluding hydrogens is 138 g/mol. The summed E-state index contributed by atoms with van der Waals surface area (Å²) in [5, 5.41) is 0. The van der Waals surface area contributed by atoms with Gasteiger partial charge in [0, 0.05) is 0 Å². The highest BCUT2D eigenvalue weighted by Crippen LogP contribution is 2.08. The first kappa shape index (κ1) is 7.55. The van der Waals surface area contributed by atoms with Crippen LogP contribution in [0.5, 0.6) is 0 Å². The average Bonchev–Trinajstić information content (AvgIpc) is 1.85. The number of aryl methyl sites for hydroxylation is 2. The van der Waals surface area contributed by atoms with Crippen LogP contribution in [0.15, 0.2) is 0 Å². The minimum absolute atomic E-state index is 0.277. The fourth-order valence-corrected chi connectivity index (χ4v) is 0.951. The molecule has 3 heteroatoms. The summed E-state index contributed by atoms with van der Waals surface area (Å²) in [4.78, 5) is 7.86. The van der Waals surface area contributed by atoms with Crippen molar-refractivity contribution >= 4 is 5.95 Å². The molecule has 0 fully saturated rings. The highest BCUT2D eigenvalue weighted by molar-refractivity contribution is 5.41. The third kappa shape index (κ3) is 1.30. The number of hydrogen-bond acceptors (Lipinski definition) is 3. The first-order chi connectivity index (χ1) is 5.15. The molecule has 0 aliphatic heterocycles. The van der Waals surface area contributed by atoms with Gasteiger partial charge in [0.15, 0.2) is 0 Å². The van der Waals surface area contributed by atoms with Crippen LogP contribution < -0.4 is 5.73 Å². The zero-order chi connectivity index (χ0) is 8.43. The summed E-state index contributed by atoms with van der Waals surface area (Å²) < 4.78 is 0. The van der Waals surface area contributed by atoms with Crippen LogP contribution in [0, 0.1) is 26.2 Å². The zero-order valence-electron chi connectivity index (χ0n) is 6.55. The van der Waals surface area contributed by atoms with Gasteiger partial charge in [-0.3, -0.25) is 0 Å². The Kier molecular flexibility index (Phi) is 1.77. The summed E-state index contributed by atoms with van der Waals surface area (Å²) in [6.07, 6.45) is 5.23. The van der Waals surface area contributed by atoms with Crippen LogP contribution in [0.1, 0.15) is 17.0 Å². The molecule has 0 bridgehead atoms. The van der Waals surface area contributed by atoms with Gasteiger partial charge in [-0.05, 0) is 13.8 Å². The van der Waals surface area contributed by atoms with E-state index in [4.69, 9.17) is 12.2 Å². The predicted octanol–water partition coefficient (Wildman–Crippen LogP) is 0.657. The zero-order valence-corrected chi connectivity index (χ0v) is 6.55. The van der Waals surface area contributed by atoms with Gasteiger partial charge in [-0.2, -0.15) is 0 Å². The molecule has 0 unspecified atom stereocenters. The van der Waals surface area contributed by atoms with E-state index in [0.29, 0.717) is 0 Å². The summed E-state index contributed by atoms with van der Waals surface area (Å²) in [6, 6.07) is 0. The second-order valence-corrected chi connectivity index (χ2v) is 2.27. The van der Waals surface area contributed by atoms with Gasteiger partial charge in [-0.25, -0.2) is 9.97 Å². The largest absolute Gasteiger partial charge is 0.368 e. The second kappa shape index (κ2) is 2.59. The van der Waals surface area contributed by atoms with Crippen molar-refractivity contribution in [3.63, 3.8) is 0 Å². The van der Waals surface area contributed by atoms with E-state index in [2.05, 4.69) is 15.9 Å². The second-order valence-electron chi connectivity index (χ2n) is 2.27. The van der Waals surface area contributed by atoms with Gasteiger partial charge in [0.1, 0.15) is 0 Å². The molecule has 56 valence electrons. The summed E-state index contributed by atoms with van der Waals surface area (Å²) in [5.41, 5.74) is 7.65. The Morgan fingerprint density at radius 2 is 1.73 bits per heavy atom. The first-order valence-corrected chi connectivity index (χ1v) is 3.22. The topological polar surface area (TPSA) is 51.8 Å². The molecule has 1 aromatic rings. The maximum Gasteiger partial charge on any atom is 0.220 e. The summed E-state index contributed by atoms with van der Waals surface area (Å²) in [5.74, 6) is 2.79. The molecule has 0 saturated carbocycles. The standard InChI is InChI=1S/C8H9N3/c1-4-7-5(2)10-8(9)11-6(7)3/h1H,2-3H3,(H2,9,10,11). The molecule has 1 rings (SSSR count). The quantitative estimate of drug-likeness (QED) is 0.548. The molecule has 0 aliphatic rings. The highest BCUT2D eigenvalue weighted by atomic mass is 15.0. The number of nitrogens with zero attached hydrogens (tertiary/aromatic N) is 2. The number of terminal acetylenes is 1.